The van der Waals surface area contributed by atoms with Crippen molar-refractivity contribution < 1.29 is 4.79 Å². The maximum atomic E-state index is 12.8. The second-order valence-electron chi connectivity index (χ2n) is 5.59. The van der Waals surface area contributed by atoms with Crippen LogP contribution < -0.4 is 4.67 Å². The van der Waals surface area contributed by atoms with Gasteiger partial charge in [-0.1, -0.05) is 18.2 Å². The molecule has 0 saturated carbocycles. The summed E-state index contributed by atoms with van der Waals surface area (Å²) in [5.74, 6) is 0.110. The molecule has 108 valence electrons. The fourth-order valence-corrected chi connectivity index (χ4v) is 3.88. The fraction of sp³-hybridized carbons (Fsp3) is 0.235. The predicted molar refractivity (Wildman–Crippen MR) is 90.8 cm³/mol. The molecule has 0 fully saturated rings. The van der Waals surface area contributed by atoms with Gasteiger partial charge in [-0.3, -0.25) is 9.46 Å². The first kappa shape index (κ1) is 14.1. The van der Waals surface area contributed by atoms with Crippen molar-refractivity contribution in [3.63, 3.8) is 0 Å². The van der Waals surface area contributed by atoms with Gasteiger partial charge in [-0.25, -0.2) is 0 Å². The van der Waals surface area contributed by atoms with E-state index < -0.39 is 8.07 Å². The zero-order valence-corrected chi connectivity index (χ0v) is 13.7. The highest BCUT2D eigenvalue weighted by Gasteiger charge is 2.33. The summed E-state index contributed by atoms with van der Waals surface area (Å²) >= 11 is 0. The Kier molecular flexibility index (Phi) is 3.46. The van der Waals surface area contributed by atoms with E-state index in [1.54, 1.807) is 0 Å². The van der Waals surface area contributed by atoms with Crippen LogP contribution >= 0.6 is 8.07 Å². The van der Waals surface area contributed by atoms with Crippen molar-refractivity contribution in [2.24, 2.45) is 0 Å². The van der Waals surface area contributed by atoms with E-state index in [0.29, 0.717) is 0 Å². The molecule has 4 heteroatoms. The SMILES string of the molecule is Cc1cc(C)c(C=C2C(=O)N(P(C)C)c3ccccc32)[nH]1. The molecule has 0 unspecified atom stereocenters. The highest BCUT2D eigenvalue weighted by molar-refractivity contribution is 7.59. The van der Waals surface area contributed by atoms with Crippen molar-refractivity contribution in [2.45, 2.75) is 13.8 Å². The molecular formula is C17H19N2OP. The predicted octanol–water partition coefficient (Wildman–Crippen LogP) is 4.18. The topological polar surface area (TPSA) is 36.1 Å². The number of rotatable bonds is 2. The third kappa shape index (κ3) is 2.32. The van der Waals surface area contributed by atoms with Crippen molar-refractivity contribution >= 4 is 31.3 Å². The van der Waals surface area contributed by atoms with Crippen LogP contribution in [-0.2, 0) is 4.79 Å². The lowest BCUT2D eigenvalue weighted by molar-refractivity contribution is -0.111. The number of nitrogens with zero attached hydrogens (tertiary/aromatic N) is 1. The molecule has 1 amide bonds. The van der Waals surface area contributed by atoms with Crippen LogP contribution in [0, 0.1) is 13.8 Å². The Morgan fingerprint density at radius 1 is 1.19 bits per heavy atom. The molecule has 0 spiro atoms. The highest BCUT2D eigenvalue weighted by Crippen LogP contribution is 2.48. The van der Waals surface area contributed by atoms with Crippen molar-refractivity contribution in [2.75, 3.05) is 18.0 Å². The van der Waals surface area contributed by atoms with E-state index in [1.165, 1.54) is 5.56 Å². The van der Waals surface area contributed by atoms with Crippen LogP contribution in [0.25, 0.3) is 11.6 Å². The highest BCUT2D eigenvalue weighted by atomic mass is 31.1. The maximum absolute atomic E-state index is 12.8. The summed E-state index contributed by atoms with van der Waals surface area (Å²) in [4.78, 5) is 16.1. The summed E-state index contributed by atoms with van der Waals surface area (Å²) < 4.78 is 1.93. The average molecular weight is 298 g/mol. The molecule has 0 aliphatic carbocycles. The lowest BCUT2D eigenvalue weighted by atomic mass is 10.1. The minimum atomic E-state index is -0.498. The molecule has 2 heterocycles. The number of benzene rings is 1. The Hall–Kier alpha value is -1.86. The van der Waals surface area contributed by atoms with Gasteiger partial charge in [0.2, 0.25) is 0 Å². The number of anilines is 1. The van der Waals surface area contributed by atoms with Gasteiger partial charge < -0.3 is 4.98 Å². The van der Waals surface area contributed by atoms with Crippen molar-refractivity contribution in [1.29, 1.82) is 0 Å². The van der Waals surface area contributed by atoms with Gasteiger partial charge >= 0.3 is 0 Å². The maximum Gasteiger partial charge on any atom is 0.262 e. The molecule has 3 rings (SSSR count). The van der Waals surface area contributed by atoms with Gasteiger partial charge in [0.15, 0.2) is 0 Å². The van der Waals surface area contributed by atoms with Crippen LogP contribution in [0.15, 0.2) is 30.3 Å². The van der Waals surface area contributed by atoms with Crippen LogP contribution in [0.2, 0.25) is 0 Å². The number of fused-ring (bicyclic) bond motifs is 1. The molecule has 1 aromatic heterocycles. The zero-order valence-electron chi connectivity index (χ0n) is 12.8. The number of amides is 1. The normalized spacial score (nSPS) is 16.1. The van der Waals surface area contributed by atoms with Crippen LogP contribution in [0.4, 0.5) is 5.69 Å². The molecule has 2 aromatic rings. The number of nitrogens with one attached hydrogen (secondary N) is 1. The molecule has 0 saturated heterocycles. The monoisotopic (exact) mass is 298 g/mol. The third-order valence-electron chi connectivity index (χ3n) is 3.72. The number of carbonyl (C=O) groups is 1. The van der Waals surface area contributed by atoms with E-state index in [0.717, 1.165) is 28.2 Å². The first-order valence-corrected chi connectivity index (χ1v) is 9.17. The van der Waals surface area contributed by atoms with Gasteiger partial charge in [-0.05, 0) is 59.0 Å². The minimum absolute atomic E-state index is 0.110. The van der Waals surface area contributed by atoms with Crippen LogP contribution in [-0.4, -0.2) is 24.2 Å². The van der Waals surface area contributed by atoms with E-state index in [4.69, 9.17) is 0 Å². The Morgan fingerprint density at radius 2 is 1.90 bits per heavy atom. The Bertz CT molecular complexity index is 743. The van der Waals surface area contributed by atoms with Crippen LogP contribution in [0.5, 0.6) is 0 Å². The first-order valence-electron chi connectivity index (χ1n) is 6.98. The summed E-state index contributed by atoms with van der Waals surface area (Å²) in [5.41, 5.74) is 6.15. The molecule has 1 aliphatic rings. The molecular weight excluding hydrogens is 279 g/mol. The molecule has 1 aliphatic heterocycles. The zero-order chi connectivity index (χ0) is 15.1. The number of hydrogen-bond acceptors (Lipinski definition) is 1. The van der Waals surface area contributed by atoms with Crippen molar-refractivity contribution in [1.82, 2.24) is 4.98 Å². The van der Waals surface area contributed by atoms with Gasteiger partial charge in [0.1, 0.15) is 0 Å². The molecule has 1 N–H and O–H groups in total. The van der Waals surface area contributed by atoms with E-state index >= 15 is 0 Å². The summed E-state index contributed by atoms with van der Waals surface area (Å²) in [7, 11) is -0.498. The Morgan fingerprint density at radius 3 is 2.52 bits per heavy atom. The van der Waals surface area contributed by atoms with E-state index in [9.17, 15) is 4.79 Å². The number of hydrogen-bond donors (Lipinski definition) is 1. The van der Waals surface area contributed by atoms with E-state index in [2.05, 4.69) is 31.3 Å². The minimum Gasteiger partial charge on any atom is -0.359 e. The lowest BCUT2D eigenvalue weighted by Gasteiger charge is -2.21. The number of aryl methyl sites for hydroxylation is 2. The lowest BCUT2D eigenvalue weighted by Crippen LogP contribution is -2.19. The smallest absolute Gasteiger partial charge is 0.262 e. The number of carbonyl (C=O) groups excluding carboxylic acids is 1. The van der Waals surface area contributed by atoms with Gasteiger partial charge in [0.05, 0.1) is 11.3 Å². The second-order valence-corrected chi connectivity index (χ2v) is 7.68. The molecule has 3 nitrogen and oxygen atoms in total. The standard InChI is InChI=1S/C17H19N2OP/c1-11-9-12(2)18-15(11)10-14-13-7-5-6-8-16(13)19(17(14)20)21(3)4/h5-10,18H,1-4H3. The van der Waals surface area contributed by atoms with Crippen molar-refractivity contribution in [3.05, 3.63) is 52.8 Å². The summed E-state index contributed by atoms with van der Waals surface area (Å²) in [5, 5.41) is 0. The molecule has 1 aromatic carbocycles. The van der Waals surface area contributed by atoms with Crippen LogP contribution in [0.1, 0.15) is 22.5 Å². The average Bonchev–Trinajstić information content (AvgIpc) is 2.88. The summed E-state index contributed by atoms with van der Waals surface area (Å²) in [6.45, 7) is 8.31. The number of aromatic nitrogens is 1. The fourth-order valence-electron chi connectivity index (χ4n) is 2.81. The largest absolute Gasteiger partial charge is 0.359 e. The van der Waals surface area contributed by atoms with Gasteiger partial charge in [-0.15, -0.1) is 0 Å². The number of H-pyrrole nitrogens is 1. The van der Waals surface area contributed by atoms with Gasteiger partial charge in [0.25, 0.3) is 5.91 Å². The van der Waals surface area contributed by atoms with Gasteiger partial charge in [0, 0.05) is 17.0 Å². The van der Waals surface area contributed by atoms with E-state index in [1.807, 2.05) is 41.9 Å². The Balaban J connectivity index is 2.15. The molecule has 21 heavy (non-hydrogen) atoms. The molecule has 0 atom stereocenters. The molecule has 0 radical (unpaired) electrons. The van der Waals surface area contributed by atoms with Crippen molar-refractivity contribution in [3.8, 4) is 0 Å². The number of aromatic amines is 1. The quantitative estimate of drug-likeness (QED) is 0.655. The summed E-state index contributed by atoms with van der Waals surface area (Å²) in [6.07, 6.45) is 1.99. The number of para-hydroxylation sites is 1. The van der Waals surface area contributed by atoms with Crippen LogP contribution in [0.3, 0.4) is 0 Å². The third-order valence-corrected chi connectivity index (χ3v) is 4.92. The summed E-state index contributed by atoms with van der Waals surface area (Å²) in [6, 6.07) is 10.1. The van der Waals surface area contributed by atoms with Gasteiger partial charge in [-0.2, -0.15) is 0 Å². The molecule has 0 bridgehead atoms. The first-order chi connectivity index (χ1) is 9.99. The second kappa shape index (κ2) is 5.16. The van der Waals surface area contributed by atoms with E-state index in [-0.39, 0.29) is 5.91 Å². The Labute approximate surface area is 126 Å².